The van der Waals surface area contributed by atoms with E-state index in [0.29, 0.717) is 55.4 Å². The van der Waals surface area contributed by atoms with Gasteiger partial charge in [-0.25, -0.2) is 4.79 Å². The number of hydrogen-bond donors (Lipinski definition) is 2. The number of aliphatic hydroxyl groups excluding tert-OH is 1. The number of furan rings is 1. The van der Waals surface area contributed by atoms with Gasteiger partial charge in [0.2, 0.25) is 5.78 Å². The average Bonchev–Trinajstić information content (AvgIpc) is 3.80. The molecule has 2 N–H and O–H groups in total. The molecule has 11 heteroatoms. The second-order valence-corrected chi connectivity index (χ2v) is 15.7. The van der Waals surface area contributed by atoms with E-state index in [1.54, 1.807) is 24.3 Å². The first kappa shape index (κ1) is 39.8. The Balaban J connectivity index is 1.27. The summed E-state index contributed by atoms with van der Waals surface area (Å²) < 4.78 is 54.4. The fraction of sp³-hybridized carbons (Fsp3) is 0.348. The molecule has 5 aromatic rings. The SMILES string of the molecule is CC1=CCCC2(C)C(CCC2(O)CN(Cc2ccc(OC(F)(F)F)cc2)C(=O)Oc2ccc3ccccc3c2)c2ccc(cc2C(=O)c2ccco2)CC(O)CC1. The van der Waals surface area contributed by atoms with Gasteiger partial charge in [-0.1, -0.05) is 73.2 Å². The van der Waals surface area contributed by atoms with Crippen LogP contribution in [0.4, 0.5) is 18.0 Å². The van der Waals surface area contributed by atoms with Crippen molar-refractivity contribution in [1.29, 1.82) is 0 Å². The van der Waals surface area contributed by atoms with Gasteiger partial charge in [-0.2, -0.15) is 0 Å². The van der Waals surface area contributed by atoms with Gasteiger partial charge in [-0.05, 0) is 128 Å². The second kappa shape index (κ2) is 16.2. The standard InChI is InChI=1S/C46H46F3NO7/c1-30-7-5-22-44(2)40(38-20-14-32(25-35(51)16-11-30)26-39(38)42(52)41-10-6-24-55-41)21-23-45(44,54)29-50(28-31-12-17-36(18-13-31)57-46(47,48)49)43(53)56-37-19-15-33-8-3-4-9-34(33)27-37/h3-4,6-10,12-15,17-20,24,26-27,35,40,51,54H,5,11,16,21-23,25,28-29H2,1-2H3. The highest BCUT2D eigenvalue weighted by Crippen LogP contribution is 2.59. The smallest absolute Gasteiger partial charge is 0.461 e. The zero-order valence-electron chi connectivity index (χ0n) is 31.9. The third-order valence-electron chi connectivity index (χ3n) is 11.8. The van der Waals surface area contributed by atoms with Gasteiger partial charge in [-0.15, -0.1) is 13.2 Å². The van der Waals surface area contributed by atoms with Crippen molar-refractivity contribution >= 4 is 22.6 Å². The van der Waals surface area contributed by atoms with Gasteiger partial charge >= 0.3 is 12.5 Å². The Morgan fingerprint density at radius 3 is 2.40 bits per heavy atom. The van der Waals surface area contributed by atoms with Crippen molar-refractivity contribution in [2.45, 2.75) is 89.3 Å². The molecule has 4 atom stereocenters. The Labute approximate surface area is 329 Å². The van der Waals surface area contributed by atoms with Gasteiger partial charge in [0.1, 0.15) is 11.5 Å². The molecule has 298 valence electrons. The first-order chi connectivity index (χ1) is 27.2. The summed E-state index contributed by atoms with van der Waals surface area (Å²) in [4.78, 5) is 29.7. The normalized spacial score (nSPS) is 22.7. The molecule has 1 fully saturated rings. The van der Waals surface area contributed by atoms with Crippen molar-refractivity contribution in [3.05, 3.63) is 143 Å². The number of allylic oxidation sites excluding steroid dienone is 2. The van der Waals surface area contributed by atoms with Crippen LogP contribution >= 0.6 is 0 Å². The lowest BCUT2D eigenvalue weighted by atomic mass is 9.64. The molecular formula is C46H46F3NO7. The fourth-order valence-electron chi connectivity index (χ4n) is 8.65. The molecule has 0 saturated heterocycles. The monoisotopic (exact) mass is 781 g/mol. The van der Waals surface area contributed by atoms with E-state index in [9.17, 15) is 33.0 Å². The molecule has 0 aliphatic heterocycles. The van der Waals surface area contributed by atoms with Gasteiger partial charge in [0.05, 0.1) is 24.5 Å². The molecule has 3 aliphatic carbocycles. The highest BCUT2D eigenvalue weighted by Gasteiger charge is 2.58. The third-order valence-corrected chi connectivity index (χ3v) is 11.8. The zero-order valence-corrected chi connectivity index (χ0v) is 31.9. The lowest BCUT2D eigenvalue weighted by Crippen LogP contribution is -2.54. The third kappa shape index (κ3) is 8.95. The van der Waals surface area contributed by atoms with Gasteiger partial charge in [0.15, 0.2) is 5.76 Å². The molecule has 2 bridgehead atoms. The minimum Gasteiger partial charge on any atom is -0.461 e. The molecule has 3 aliphatic rings. The highest BCUT2D eigenvalue weighted by molar-refractivity contribution is 6.08. The van der Waals surface area contributed by atoms with Crippen LogP contribution in [0.2, 0.25) is 0 Å². The fourth-order valence-corrected chi connectivity index (χ4v) is 8.65. The summed E-state index contributed by atoms with van der Waals surface area (Å²) in [5.41, 5.74) is 1.22. The topological polar surface area (TPSA) is 109 Å². The van der Waals surface area contributed by atoms with Crippen molar-refractivity contribution in [3.63, 3.8) is 0 Å². The summed E-state index contributed by atoms with van der Waals surface area (Å²) in [6, 6.07) is 27.1. The molecule has 1 heterocycles. The van der Waals surface area contributed by atoms with Crippen LogP contribution in [0.25, 0.3) is 10.8 Å². The van der Waals surface area contributed by atoms with Crippen LogP contribution in [0.1, 0.15) is 91.1 Å². The van der Waals surface area contributed by atoms with Gasteiger partial charge in [-0.3, -0.25) is 4.79 Å². The molecule has 0 spiro atoms. The minimum atomic E-state index is -4.86. The highest BCUT2D eigenvalue weighted by atomic mass is 19.4. The Morgan fingerprint density at radius 2 is 1.67 bits per heavy atom. The molecule has 57 heavy (non-hydrogen) atoms. The molecule has 8 nitrogen and oxygen atoms in total. The number of fused-ring (bicyclic) bond motifs is 9. The number of ketones is 1. The number of carbonyl (C=O) groups is 2. The molecule has 4 aromatic carbocycles. The van der Waals surface area contributed by atoms with E-state index < -0.39 is 35.3 Å². The van der Waals surface area contributed by atoms with Gasteiger partial charge in [0, 0.05) is 17.5 Å². The molecule has 1 saturated carbocycles. The number of carbonyl (C=O) groups excluding carboxylic acids is 2. The van der Waals surface area contributed by atoms with Crippen LogP contribution in [0, 0.1) is 5.41 Å². The largest absolute Gasteiger partial charge is 0.573 e. The van der Waals surface area contributed by atoms with Crippen molar-refractivity contribution in [3.8, 4) is 11.5 Å². The van der Waals surface area contributed by atoms with Crippen molar-refractivity contribution in [2.24, 2.45) is 5.41 Å². The van der Waals surface area contributed by atoms with E-state index in [2.05, 4.69) is 10.8 Å². The number of ether oxygens (including phenoxy) is 2. The lowest BCUT2D eigenvalue weighted by molar-refractivity contribution is -0.274. The van der Waals surface area contributed by atoms with Crippen LogP contribution in [0.3, 0.4) is 0 Å². The Kier molecular flexibility index (Phi) is 11.3. The van der Waals surface area contributed by atoms with Crippen LogP contribution in [0.5, 0.6) is 11.5 Å². The maximum atomic E-state index is 14.3. The number of nitrogens with zero attached hydrogens (tertiary/aromatic N) is 1. The van der Waals surface area contributed by atoms with Gasteiger partial charge < -0.3 is 29.0 Å². The summed E-state index contributed by atoms with van der Waals surface area (Å²) in [6.45, 7) is 3.79. The van der Waals surface area contributed by atoms with Crippen molar-refractivity contribution in [2.75, 3.05) is 6.54 Å². The molecule has 8 rings (SSSR count). The van der Waals surface area contributed by atoms with E-state index in [0.717, 1.165) is 27.5 Å². The number of benzene rings is 4. The quantitative estimate of drug-likeness (QED) is 0.119. The van der Waals surface area contributed by atoms with E-state index in [1.165, 1.54) is 35.4 Å². The number of alkyl halides is 3. The summed E-state index contributed by atoms with van der Waals surface area (Å²) in [5, 5.41) is 25.8. The molecular weight excluding hydrogens is 735 g/mol. The Morgan fingerprint density at radius 1 is 0.912 bits per heavy atom. The maximum absolute atomic E-state index is 14.3. The summed E-state index contributed by atoms with van der Waals surface area (Å²) in [5.74, 6) is -0.553. The van der Waals surface area contributed by atoms with Crippen molar-refractivity contribution < 1.29 is 46.9 Å². The first-order valence-electron chi connectivity index (χ1n) is 19.3. The summed E-state index contributed by atoms with van der Waals surface area (Å²) in [7, 11) is 0. The summed E-state index contributed by atoms with van der Waals surface area (Å²) in [6.07, 6.45) is 0.856. The van der Waals surface area contributed by atoms with E-state index in [4.69, 9.17) is 9.15 Å². The molecule has 4 unspecified atom stereocenters. The molecule has 1 aromatic heterocycles. The van der Waals surface area contributed by atoms with E-state index >= 15 is 0 Å². The average molecular weight is 782 g/mol. The number of halogens is 3. The number of hydrogen-bond acceptors (Lipinski definition) is 7. The van der Waals surface area contributed by atoms with Crippen molar-refractivity contribution in [1.82, 2.24) is 4.90 Å². The van der Waals surface area contributed by atoms with Crippen LogP contribution in [-0.2, 0) is 13.0 Å². The van der Waals surface area contributed by atoms with E-state index in [-0.39, 0.29) is 37.0 Å². The number of aliphatic hydroxyl groups is 2. The zero-order chi connectivity index (χ0) is 40.4. The Bertz CT molecular complexity index is 2250. The molecule has 1 amide bonds. The first-order valence-corrected chi connectivity index (χ1v) is 19.3. The minimum absolute atomic E-state index is 0.0833. The van der Waals surface area contributed by atoms with E-state index in [1.807, 2.05) is 62.4 Å². The number of amides is 1. The number of rotatable bonds is 8. The van der Waals surface area contributed by atoms with Gasteiger partial charge in [0.25, 0.3) is 0 Å². The predicted molar refractivity (Wildman–Crippen MR) is 209 cm³/mol. The van der Waals surface area contributed by atoms with Crippen LogP contribution in [-0.4, -0.2) is 51.6 Å². The second-order valence-electron chi connectivity index (χ2n) is 15.7. The maximum Gasteiger partial charge on any atom is 0.573 e. The molecule has 0 radical (unpaired) electrons. The Hall–Kier alpha value is -5.39. The summed E-state index contributed by atoms with van der Waals surface area (Å²) >= 11 is 0. The lowest BCUT2D eigenvalue weighted by Gasteiger charge is -2.46. The van der Waals surface area contributed by atoms with Crippen LogP contribution < -0.4 is 9.47 Å². The van der Waals surface area contributed by atoms with Crippen LogP contribution in [0.15, 0.2) is 119 Å². The predicted octanol–water partition coefficient (Wildman–Crippen LogP) is 10.3.